The van der Waals surface area contributed by atoms with Crippen molar-refractivity contribution in [2.75, 3.05) is 0 Å². The van der Waals surface area contributed by atoms with Crippen LogP contribution in [0.25, 0.3) is 0 Å². The van der Waals surface area contributed by atoms with Gasteiger partial charge in [0.25, 0.3) is 0 Å². The van der Waals surface area contributed by atoms with Gasteiger partial charge in [0.1, 0.15) is 4.90 Å². The summed E-state index contributed by atoms with van der Waals surface area (Å²) >= 11 is 5.59. The number of aliphatic carboxylic acids is 1. The van der Waals surface area contributed by atoms with E-state index in [2.05, 4.69) is 4.72 Å². The average molecular weight is 326 g/mol. The Hall–Kier alpha value is -1.25. The lowest BCUT2D eigenvalue weighted by atomic mass is 9.81. The molecule has 0 spiro atoms. The van der Waals surface area contributed by atoms with Gasteiger partial charge in [-0.25, -0.2) is 21.9 Å². The quantitative estimate of drug-likeness (QED) is 0.826. The van der Waals surface area contributed by atoms with Gasteiger partial charge >= 0.3 is 5.97 Å². The van der Waals surface area contributed by atoms with Crippen LogP contribution in [0.2, 0.25) is 5.02 Å². The summed E-state index contributed by atoms with van der Waals surface area (Å²) in [5, 5.41) is 8.24. The van der Waals surface area contributed by atoms with E-state index in [0.29, 0.717) is 0 Å². The van der Waals surface area contributed by atoms with Crippen molar-refractivity contribution >= 4 is 27.6 Å². The van der Waals surface area contributed by atoms with Gasteiger partial charge in [0, 0.05) is 6.04 Å². The van der Waals surface area contributed by atoms with Crippen LogP contribution in [-0.2, 0) is 14.8 Å². The van der Waals surface area contributed by atoms with E-state index in [1.54, 1.807) is 0 Å². The Bertz CT molecular complexity index is 659. The maximum absolute atomic E-state index is 13.6. The third-order valence-corrected chi connectivity index (χ3v) is 5.09. The molecule has 1 aromatic rings. The first-order valence-corrected chi connectivity index (χ1v) is 7.47. The maximum Gasteiger partial charge on any atom is 0.306 e. The molecule has 0 radical (unpaired) electrons. The zero-order chi connectivity index (χ0) is 15.1. The zero-order valence-corrected chi connectivity index (χ0v) is 11.5. The molecule has 0 heterocycles. The number of hydrogen-bond donors (Lipinski definition) is 2. The van der Waals surface area contributed by atoms with Gasteiger partial charge in [-0.1, -0.05) is 11.6 Å². The third kappa shape index (κ3) is 2.77. The van der Waals surface area contributed by atoms with Crippen LogP contribution < -0.4 is 4.72 Å². The van der Waals surface area contributed by atoms with Gasteiger partial charge in [-0.2, -0.15) is 0 Å². The van der Waals surface area contributed by atoms with E-state index in [4.69, 9.17) is 16.7 Å². The minimum Gasteiger partial charge on any atom is -0.481 e. The van der Waals surface area contributed by atoms with E-state index in [-0.39, 0.29) is 12.8 Å². The molecule has 1 fully saturated rings. The Labute approximate surface area is 118 Å². The average Bonchev–Trinajstić information content (AvgIpc) is 2.28. The smallest absolute Gasteiger partial charge is 0.306 e. The summed E-state index contributed by atoms with van der Waals surface area (Å²) in [6, 6.07) is 1.04. The second kappa shape index (κ2) is 5.27. The summed E-state index contributed by atoms with van der Waals surface area (Å²) in [6.07, 6.45) is 0.201. The summed E-state index contributed by atoms with van der Waals surface area (Å²) in [4.78, 5) is 9.65. The SMILES string of the molecule is O=C(O)C1CC(NS(=O)(=O)c2c(Cl)ccc(F)c2F)C1. The largest absolute Gasteiger partial charge is 0.481 e. The summed E-state index contributed by atoms with van der Waals surface area (Å²) in [5.74, 6) is -4.53. The highest BCUT2D eigenvalue weighted by Gasteiger charge is 2.38. The molecule has 1 aromatic carbocycles. The van der Waals surface area contributed by atoms with Gasteiger partial charge in [-0.15, -0.1) is 0 Å². The Kier molecular flexibility index (Phi) is 3.99. The van der Waals surface area contributed by atoms with Gasteiger partial charge in [0.15, 0.2) is 11.6 Å². The van der Waals surface area contributed by atoms with Crippen molar-refractivity contribution in [1.29, 1.82) is 0 Å². The van der Waals surface area contributed by atoms with Crippen LogP contribution in [0.1, 0.15) is 12.8 Å². The third-order valence-electron chi connectivity index (χ3n) is 3.08. The number of carbonyl (C=O) groups is 1. The van der Waals surface area contributed by atoms with Crippen molar-refractivity contribution in [1.82, 2.24) is 4.72 Å². The Morgan fingerprint density at radius 3 is 2.50 bits per heavy atom. The number of halogens is 3. The van der Waals surface area contributed by atoms with E-state index >= 15 is 0 Å². The van der Waals surface area contributed by atoms with E-state index in [1.165, 1.54) is 0 Å². The van der Waals surface area contributed by atoms with Gasteiger partial charge in [0.2, 0.25) is 10.0 Å². The number of benzene rings is 1. The van der Waals surface area contributed by atoms with Gasteiger partial charge in [-0.3, -0.25) is 4.79 Å². The molecular formula is C11H10ClF2NO4S. The molecule has 5 nitrogen and oxygen atoms in total. The molecule has 1 aliphatic carbocycles. The maximum atomic E-state index is 13.6. The first-order valence-electron chi connectivity index (χ1n) is 5.61. The predicted octanol–water partition coefficient (Wildman–Crippen LogP) is 1.76. The van der Waals surface area contributed by atoms with Crippen molar-refractivity contribution in [3.8, 4) is 0 Å². The molecule has 1 saturated carbocycles. The molecule has 0 aliphatic heterocycles. The van der Waals surface area contributed by atoms with Crippen LogP contribution in [-0.4, -0.2) is 25.5 Å². The topological polar surface area (TPSA) is 83.5 Å². The fourth-order valence-electron chi connectivity index (χ4n) is 1.95. The summed E-state index contributed by atoms with van der Waals surface area (Å²) in [7, 11) is -4.34. The molecule has 2 N–H and O–H groups in total. The van der Waals surface area contributed by atoms with Crippen molar-refractivity contribution in [2.45, 2.75) is 23.8 Å². The van der Waals surface area contributed by atoms with Crippen molar-refractivity contribution < 1.29 is 27.1 Å². The summed E-state index contributed by atoms with van der Waals surface area (Å²) in [6.45, 7) is 0. The number of rotatable bonds is 4. The van der Waals surface area contributed by atoms with Crippen LogP contribution in [0.15, 0.2) is 17.0 Å². The van der Waals surface area contributed by atoms with E-state index in [1.807, 2.05) is 0 Å². The molecule has 0 saturated heterocycles. The highest BCUT2D eigenvalue weighted by molar-refractivity contribution is 7.89. The second-order valence-corrected chi connectivity index (χ2v) is 6.56. The highest BCUT2D eigenvalue weighted by atomic mass is 35.5. The number of carboxylic acids is 1. The van der Waals surface area contributed by atoms with E-state index in [9.17, 15) is 22.0 Å². The lowest BCUT2D eigenvalue weighted by molar-refractivity contribution is -0.145. The molecule has 2 rings (SSSR count). The number of nitrogens with one attached hydrogen (secondary N) is 1. The zero-order valence-electron chi connectivity index (χ0n) is 9.94. The molecule has 0 amide bonds. The van der Waals surface area contributed by atoms with Gasteiger partial charge < -0.3 is 5.11 Å². The van der Waals surface area contributed by atoms with E-state index in [0.717, 1.165) is 12.1 Å². The molecule has 0 unspecified atom stereocenters. The lowest BCUT2D eigenvalue weighted by Gasteiger charge is -2.32. The van der Waals surface area contributed by atoms with Crippen LogP contribution in [0, 0.1) is 17.6 Å². The van der Waals surface area contributed by atoms with Gasteiger partial charge in [-0.05, 0) is 25.0 Å². The normalized spacial score (nSPS) is 22.4. The highest BCUT2D eigenvalue weighted by Crippen LogP contribution is 2.31. The van der Waals surface area contributed by atoms with Gasteiger partial charge in [0.05, 0.1) is 10.9 Å². The molecule has 0 atom stereocenters. The minimum absolute atomic E-state index is 0.100. The van der Waals surface area contributed by atoms with Crippen molar-refractivity contribution in [3.63, 3.8) is 0 Å². The Balaban J connectivity index is 2.21. The lowest BCUT2D eigenvalue weighted by Crippen LogP contribution is -2.46. The monoisotopic (exact) mass is 325 g/mol. The molecular weight excluding hydrogens is 316 g/mol. The fraction of sp³-hybridized carbons (Fsp3) is 0.364. The fourth-order valence-corrected chi connectivity index (χ4v) is 3.81. The molecule has 9 heteroatoms. The van der Waals surface area contributed by atoms with E-state index < -0.39 is 49.5 Å². The first-order chi connectivity index (χ1) is 9.22. The van der Waals surface area contributed by atoms with Crippen molar-refractivity contribution in [3.05, 3.63) is 28.8 Å². The molecule has 1 aliphatic rings. The predicted molar refractivity (Wildman–Crippen MR) is 65.8 cm³/mol. The first kappa shape index (κ1) is 15.1. The van der Waals surface area contributed by atoms with Crippen LogP contribution in [0.4, 0.5) is 8.78 Å². The number of hydrogen-bond acceptors (Lipinski definition) is 3. The summed E-state index contributed by atoms with van der Waals surface area (Å²) < 4.78 is 52.7. The minimum atomic E-state index is -4.34. The molecule has 0 bridgehead atoms. The van der Waals surface area contributed by atoms with Crippen LogP contribution in [0.3, 0.4) is 0 Å². The molecule has 20 heavy (non-hydrogen) atoms. The Morgan fingerprint density at radius 1 is 1.35 bits per heavy atom. The van der Waals surface area contributed by atoms with Crippen molar-refractivity contribution in [2.24, 2.45) is 5.92 Å². The number of sulfonamides is 1. The standard InChI is InChI=1S/C11H10ClF2NO4S/c12-7-1-2-8(13)9(14)10(7)20(18,19)15-6-3-5(4-6)11(16)17/h1-2,5-6,15H,3-4H2,(H,16,17). The summed E-state index contributed by atoms with van der Waals surface area (Å²) in [5.41, 5.74) is 0. The Morgan fingerprint density at radius 2 is 1.95 bits per heavy atom. The molecule has 0 aromatic heterocycles. The number of carboxylic acid groups (broad SMARTS) is 1. The van der Waals surface area contributed by atoms with Crippen LogP contribution in [0.5, 0.6) is 0 Å². The molecule has 110 valence electrons. The van der Waals surface area contributed by atoms with Crippen LogP contribution >= 0.6 is 11.6 Å². The second-order valence-electron chi connectivity index (χ2n) is 4.50.